The molecule has 100 valence electrons. The number of quaternary nitrogens is 1. The number of carboxylic acids is 1. The second kappa shape index (κ2) is 6.00. The lowest BCUT2D eigenvalue weighted by atomic mass is 9.92. The van der Waals surface area contributed by atoms with Crippen molar-refractivity contribution in [1.29, 1.82) is 0 Å². The molecule has 0 radical (unpaired) electrons. The second-order valence-corrected chi connectivity index (χ2v) is 6.28. The number of nitrogens with zero attached hydrogens (tertiary/aromatic N) is 1. The topological polar surface area (TPSA) is 69.2 Å². The Hall–Kier alpha value is -1.10. The van der Waals surface area contributed by atoms with E-state index in [4.69, 9.17) is 0 Å². The largest absolute Gasteiger partial charge is 0.544 e. The molecule has 17 heavy (non-hydrogen) atoms. The van der Waals surface area contributed by atoms with Gasteiger partial charge in [-0.25, -0.2) is 0 Å². The smallest absolute Gasteiger partial charge is 0.220 e. The molecule has 1 N–H and O–H groups in total. The molecule has 0 aliphatic heterocycles. The molecule has 0 aliphatic carbocycles. The van der Waals surface area contributed by atoms with Crippen LogP contribution in [0.15, 0.2) is 0 Å². The van der Waals surface area contributed by atoms with E-state index in [0.717, 1.165) is 0 Å². The van der Waals surface area contributed by atoms with Gasteiger partial charge in [0.25, 0.3) is 0 Å². The van der Waals surface area contributed by atoms with Gasteiger partial charge >= 0.3 is 0 Å². The molecule has 0 spiro atoms. The Balaban J connectivity index is 3.91. The summed E-state index contributed by atoms with van der Waals surface area (Å²) in [4.78, 5) is 22.0. The van der Waals surface area contributed by atoms with Crippen molar-refractivity contribution in [2.24, 2.45) is 5.41 Å². The number of hydrogen-bond donors (Lipinski definition) is 1. The summed E-state index contributed by atoms with van der Waals surface area (Å²) < 4.78 is 0.304. The highest BCUT2D eigenvalue weighted by atomic mass is 16.4. The van der Waals surface area contributed by atoms with Crippen molar-refractivity contribution >= 4 is 11.9 Å². The number of aliphatic carboxylic acids is 1. The van der Waals surface area contributed by atoms with Crippen LogP contribution in [0, 0.1) is 5.41 Å². The SMILES string of the molecule is CC(C)(C)CC(=O)NCC[N+](C)(C)CC(=O)[O-]. The highest BCUT2D eigenvalue weighted by molar-refractivity contribution is 5.76. The molecule has 0 rings (SSSR count). The molecule has 0 aliphatic rings. The maximum atomic E-state index is 11.5. The van der Waals surface area contributed by atoms with Crippen LogP contribution >= 0.6 is 0 Å². The third-order valence-corrected chi connectivity index (χ3v) is 2.29. The van der Waals surface area contributed by atoms with Crippen molar-refractivity contribution in [3.8, 4) is 0 Å². The first-order valence-electron chi connectivity index (χ1n) is 5.80. The number of likely N-dealkylation sites (N-methyl/N-ethyl adjacent to an activating group) is 1. The van der Waals surface area contributed by atoms with Gasteiger partial charge in [0.2, 0.25) is 5.91 Å². The summed E-state index contributed by atoms with van der Waals surface area (Å²) in [5.74, 6) is -1.07. The molecule has 0 atom stereocenters. The fourth-order valence-corrected chi connectivity index (χ4v) is 1.47. The van der Waals surface area contributed by atoms with E-state index in [2.05, 4.69) is 5.32 Å². The Kier molecular flexibility index (Phi) is 5.61. The monoisotopic (exact) mass is 244 g/mol. The van der Waals surface area contributed by atoms with Gasteiger partial charge in [-0.3, -0.25) is 4.79 Å². The van der Waals surface area contributed by atoms with Crippen LogP contribution in [0.5, 0.6) is 0 Å². The molecule has 5 heteroatoms. The standard InChI is InChI=1S/C12H24N2O3/c1-12(2,3)8-10(15)13-6-7-14(4,5)9-11(16)17/h6-9H2,1-5H3,(H-,13,15,16,17). The lowest BCUT2D eigenvalue weighted by Gasteiger charge is -2.30. The Morgan fingerprint density at radius 2 is 1.76 bits per heavy atom. The van der Waals surface area contributed by atoms with Gasteiger partial charge in [0.15, 0.2) is 0 Å². The fraction of sp³-hybridized carbons (Fsp3) is 0.833. The van der Waals surface area contributed by atoms with Gasteiger partial charge in [0.1, 0.15) is 6.54 Å². The van der Waals surface area contributed by atoms with E-state index in [1.165, 1.54) is 0 Å². The van der Waals surface area contributed by atoms with Crippen LogP contribution in [0.2, 0.25) is 0 Å². The number of hydrogen-bond acceptors (Lipinski definition) is 3. The van der Waals surface area contributed by atoms with E-state index in [0.29, 0.717) is 24.0 Å². The number of nitrogens with one attached hydrogen (secondary N) is 1. The minimum absolute atomic E-state index is 0.00551. The summed E-state index contributed by atoms with van der Waals surface area (Å²) in [6, 6.07) is 0. The predicted octanol–water partition coefficient (Wildman–Crippen LogP) is -0.635. The first-order valence-corrected chi connectivity index (χ1v) is 5.80. The molecule has 5 nitrogen and oxygen atoms in total. The minimum Gasteiger partial charge on any atom is -0.544 e. The van der Waals surface area contributed by atoms with E-state index >= 15 is 0 Å². The fourth-order valence-electron chi connectivity index (χ4n) is 1.47. The third kappa shape index (κ3) is 9.81. The molecule has 0 saturated heterocycles. The number of rotatable bonds is 6. The van der Waals surface area contributed by atoms with Crippen LogP contribution in [0.1, 0.15) is 27.2 Å². The van der Waals surface area contributed by atoms with E-state index < -0.39 is 5.97 Å². The zero-order valence-electron chi connectivity index (χ0n) is 11.5. The zero-order chi connectivity index (χ0) is 13.7. The Morgan fingerprint density at radius 1 is 1.24 bits per heavy atom. The Labute approximate surface area is 103 Å². The Bertz CT molecular complexity index is 280. The summed E-state index contributed by atoms with van der Waals surface area (Å²) in [5.41, 5.74) is -0.0283. The third-order valence-electron chi connectivity index (χ3n) is 2.29. The molecule has 0 aromatic rings. The highest BCUT2D eigenvalue weighted by Crippen LogP contribution is 2.17. The number of carbonyl (C=O) groups excluding carboxylic acids is 2. The maximum Gasteiger partial charge on any atom is 0.220 e. The van der Waals surface area contributed by atoms with Gasteiger partial charge in [0, 0.05) is 6.42 Å². The lowest BCUT2D eigenvalue weighted by Crippen LogP contribution is -2.51. The van der Waals surface area contributed by atoms with Gasteiger partial charge in [-0.05, 0) is 5.41 Å². The molecular formula is C12H24N2O3. The van der Waals surface area contributed by atoms with Crippen molar-refractivity contribution < 1.29 is 19.2 Å². The lowest BCUT2D eigenvalue weighted by molar-refractivity contribution is -0.883. The van der Waals surface area contributed by atoms with Crippen molar-refractivity contribution in [1.82, 2.24) is 5.32 Å². The molecule has 0 aromatic carbocycles. The highest BCUT2D eigenvalue weighted by Gasteiger charge is 2.18. The quantitative estimate of drug-likeness (QED) is 0.632. The number of carbonyl (C=O) groups is 2. The maximum absolute atomic E-state index is 11.5. The minimum atomic E-state index is -1.07. The normalized spacial score (nSPS) is 12.3. The van der Waals surface area contributed by atoms with Gasteiger partial charge in [-0.2, -0.15) is 0 Å². The molecule has 1 amide bonds. The molecular weight excluding hydrogens is 220 g/mol. The van der Waals surface area contributed by atoms with Crippen LogP contribution < -0.4 is 10.4 Å². The van der Waals surface area contributed by atoms with E-state index in [-0.39, 0.29) is 17.9 Å². The predicted molar refractivity (Wildman–Crippen MR) is 63.9 cm³/mol. The average molecular weight is 244 g/mol. The van der Waals surface area contributed by atoms with Crippen molar-refractivity contribution in [3.05, 3.63) is 0 Å². The van der Waals surface area contributed by atoms with Crippen molar-refractivity contribution in [2.45, 2.75) is 27.2 Å². The summed E-state index contributed by atoms with van der Waals surface area (Å²) in [5, 5.41) is 13.3. The van der Waals surface area contributed by atoms with Crippen LogP contribution in [-0.2, 0) is 9.59 Å². The van der Waals surface area contributed by atoms with Crippen molar-refractivity contribution in [2.75, 3.05) is 33.7 Å². The molecule has 0 heterocycles. The van der Waals surface area contributed by atoms with Crippen molar-refractivity contribution in [3.63, 3.8) is 0 Å². The first-order chi connectivity index (χ1) is 7.52. The number of amides is 1. The van der Waals surface area contributed by atoms with Crippen LogP contribution in [0.4, 0.5) is 0 Å². The zero-order valence-corrected chi connectivity index (χ0v) is 11.5. The average Bonchev–Trinajstić information content (AvgIpc) is 1.95. The second-order valence-electron chi connectivity index (χ2n) is 6.28. The van der Waals surface area contributed by atoms with Gasteiger partial charge < -0.3 is 19.7 Å². The van der Waals surface area contributed by atoms with E-state index in [9.17, 15) is 14.7 Å². The number of carboxylic acid groups (broad SMARTS) is 1. The van der Waals surface area contributed by atoms with Gasteiger partial charge in [0.05, 0.1) is 33.2 Å². The van der Waals surface area contributed by atoms with E-state index in [1.54, 1.807) is 14.1 Å². The molecule has 0 saturated carbocycles. The molecule has 0 fully saturated rings. The van der Waals surface area contributed by atoms with Crippen LogP contribution in [0.25, 0.3) is 0 Å². The summed E-state index contributed by atoms with van der Waals surface area (Å²) >= 11 is 0. The molecule has 0 bridgehead atoms. The van der Waals surface area contributed by atoms with Crippen LogP contribution in [0.3, 0.4) is 0 Å². The Morgan fingerprint density at radius 3 is 2.18 bits per heavy atom. The summed E-state index contributed by atoms with van der Waals surface area (Å²) in [6.45, 7) is 7.02. The molecule has 0 unspecified atom stereocenters. The van der Waals surface area contributed by atoms with Gasteiger partial charge in [-0.15, -0.1) is 0 Å². The molecule has 0 aromatic heterocycles. The van der Waals surface area contributed by atoms with Crippen LogP contribution in [-0.4, -0.2) is 50.1 Å². The van der Waals surface area contributed by atoms with Gasteiger partial charge in [-0.1, -0.05) is 20.8 Å². The first kappa shape index (κ1) is 15.9. The van der Waals surface area contributed by atoms with E-state index in [1.807, 2.05) is 20.8 Å². The summed E-state index contributed by atoms with van der Waals surface area (Å²) in [6.07, 6.45) is 0.473. The summed E-state index contributed by atoms with van der Waals surface area (Å²) in [7, 11) is 3.59.